The van der Waals surface area contributed by atoms with Crippen LogP contribution in [0.3, 0.4) is 0 Å². The molecule has 0 N–H and O–H groups in total. The molecular formula is C9H16F3NO. The Kier molecular flexibility index (Phi) is 4.42. The molecule has 0 aliphatic heterocycles. The highest BCUT2D eigenvalue weighted by molar-refractivity contribution is 5.46. The summed E-state index contributed by atoms with van der Waals surface area (Å²) in [5.41, 5.74) is -0.120. The van der Waals surface area contributed by atoms with Gasteiger partial charge in [-0.15, -0.1) is 13.2 Å². The van der Waals surface area contributed by atoms with Crippen LogP contribution in [0.2, 0.25) is 0 Å². The molecule has 0 saturated carbocycles. The third-order valence-corrected chi connectivity index (χ3v) is 2.32. The van der Waals surface area contributed by atoms with Gasteiger partial charge < -0.3 is 4.74 Å². The van der Waals surface area contributed by atoms with Crippen molar-refractivity contribution in [3.8, 4) is 0 Å². The molecule has 0 aromatic heterocycles. The molecule has 0 atom stereocenters. The van der Waals surface area contributed by atoms with E-state index in [2.05, 4.69) is 9.73 Å². The molecule has 0 aliphatic carbocycles. The summed E-state index contributed by atoms with van der Waals surface area (Å²) in [6.07, 6.45) is -4.17. The quantitative estimate of drug-likeness (QED) is 0.516. The monoisotopic (exact) mass is 211 g/mol. The van der Waals surface area contributed by atoms with E-state index < -0.39 is 6.36 Å². The molecular weight excluding hydrogens is 195 g/mol. The predicted molar refractivity (Wildman–Crippen MR) is 49.1 cm³/mol. The molecule has 0 heterocycles. The molecule has 84 valence electrons. The van der Waals surface area contributed by atoms with Gasteiger partial charge in [0.05, 0.1) is 0 Å². The normalized spacial score (nSPS) is 14.0. The summed E-state index contributed by atoms with van der Waals surface area (Å²) in [4.78, 5) is 3.58. The first-order valence-corrected chi connectivity index (χ1v) is 4.38. The minimum Gasteiger partial charge on any atom is -0.395 e. The third kappa shape index (κ3) is 5.83. The number of nitrogens with zero attached hydrogens (tertiary/aromatic N) is 1. The van der Waals surface area contributed by atoms with Crippen LogP contribution in [-0.2, 0) is 4.74 Å². The molecule has 0 saturated heterocycles. The largest absolute Gasteiger partial charge is 0.573 e. The van der Waals surface area contributed by atoms with Crippen molar-refractivity contribution in [1.82, 2.24) is 0 Å². The number of rotatable bonds is 4. The first-order valence-electron chi connectivity index (χ1n) is 4.38. The summed E-state index contributed by atoms with van der Waals surface area (Å²) in [5, 5.41) is 0. The van der Waals surface area contributed by atoms with Gasteiger partial charge in [-0.25, -0.2) is 0 Å². The van der Waals surface area contributed by atoms with Gasteiger partial charge in [0.1, 0.15) is 0 Å². The first kappa shape index (κ1) is 13.3. The number of aliphatic imine (C=N–C) groups is 1. The van der Waals surface area contributed by atoms with Gasteiger partial charge in [0.15, 0.2) is 6.40 Å². The Bertz CT molecular complexity index is 197. The maximum atomic E-state index is 11.5. The lowest BCUT2D eigenvalue weighted by Gasteiger charge is -2.26. The van der Waals surface area contributed by atoms with Gasteiger partial charge in [0.2, 0.25) is 0 Å². The molecule has 0 unspecified atom stereocenters. The van der Waals surface area contributed by atoms with Crippen molar-refractivity contribution >= 4 is 6.40 Å². The van der Waals surface area contributed by atoms with Crippen LogP contribution in [0.4, 0.5) is 13.2 Å². The molecule has 0 bridgehead atoms. The van der Waals surface area contributed by atoms with Crippen molar-refractivity contribution in [2.24, 2.45) is 16.3 Å². The maximum absolute atomic E-state index is 11.5. The molecule has 0 spiro atoms. The summed E-state index contributed by atoms with van der Waals surface area (Å²) in [7, 11) is 0. The highest BCUT2D eigenvalue weighted by Gasteiger charge is 2.29. The molecule has 0 aromatic carbocycles. The molecule has 0 aromatic rings. The smallest absolute Gasteiger partial charge is 0.395 e. The van der Waals surface area contributed by atoms with Crippen molar-refractivity contribution in [2.75, 3.05) is 6.54 Å². The minimum atomic E-state index is -4.63. The molecule has 0 fully saturated rings. The number of ether oxygens (including phenoxy) is 1. The molecule has 2 nitrogen and oxygen atoms in total. The molecule has 5 heteroatoms. The Morgan fingerprint density at radius 3 is 2.14 bits per heavy atom. The molecule has 0 rings (SSSR count). The van der Waals surface area contributed by atoms with Crippen LogP contribution >= 0.6 is 0 Å². The van der Waals surface area contributed by atoms with Crippen molar-refractivity contribution in [1.29, 1.82) is 0 Å². The van der Waals surface area contributed by atoms with E-state index in [1.807, 2.05) is 27.7 Å². The molecule has 0 radical (unpaired) electrons. The summed E-state index contributed by atoms with van der Waals surface area (Å²) in [6, 6.07) is 0. The SMILES string of the molecule is CC(C)C(C)(C)CN=COC(F)(F)F. The molecule has 0 aliphatic rings. The first-order chi connectivity index (χ1) is 6.15. The minimum absolute atomic E-state index is 0.120. The lowest BCUT2D eigenvalue weighted by Crippen LogP contribution is -2.23. The zero-order valence-corrected chi connectivity index (χ0v) is 8.85. The van der Waals surface area contributed by atoms with E-state index in [-0.39, 0.29) is 5.41 Å². The Morgan fingerprint density at radius 1 is 1.29 bits per heavy atom. The van der Waals surface area contributed by atoms with Crippen LogP contribution in [-0.4, -0.2) is 19.3 Å². The highest BCUT2D eigenvalue weighted by atomic mass is 19.4. The van der Waals surface area contributed by atoms with Crippen LogP contribution in [0, 0.1) is 11.3 Å². The van der Waals surface area contributed by atoms with Gasteiger partial charge in [-0.2, -0.15) is 0 Å². The van der Waals surface area contributed by atoms with Crippen molar-refractivity contribution in [2.45, 2.75) is 34.1 Å². The number of halogens is 3. The van der Waals surface area contributed by atoms with E-state index in [0.717, 1.165) is 0 Å². The van der Waals surface area contributed by atoms with Crippen molar-refractivity contribution in [3.63, 3.8) is 0 Å². The topological polar surface area (TPSA) is 21.6 Å². The van der Waals surface area contributed by atoms with E-state index in [1.165, 1.54) is 0 Å². The number of alkyl halides is 3. The van der Waals surface area contributed by atoms with E-state index in [9.17, 15) is 13.2 Å². The van der Waals surface area contributed by atoms with Gasteiger partial charge in [0.25, 0.3) is 0 Å². The highest BCUT2D eigenvalue weighted by Crippen LogP contribution is 2.26. The van der Waals surface area contributed by atoms with Gasteiger partial charge >= 0.3 is 6.36 Å². The van der Waals surface area contributed by atoms with Crippen LogP contribution < -0.4 is 0 Å². The Labute approximate surface area is 82.2 Å². The average Bonchev–Trinajstić information content (AvgIpc) is 1.96. The fourth-order valence-corrected chi connectivity index (χ4v) is 0.552. The Balaban J connectivity index is 3.94. The number of hydrogen-bond donors (Lipinski definition) is 0. The van der Waals surface area contributed by atoms with Crippen LogP contribution in [0.25, 0.3) is 0 Å². The zero-order valence-electron chi connectivity index (χ0n) is 8.85. The summed E-state index contributed by atoms with van der Waals surface area (Å²) >= 11 is 0. The zero-order chi connectivity index (χ0) is 11.4. The second-order valence-corrected chi connectivity index (χ2v) is 4.15. The van der Waals surface area contributed by atoms with Gasteiger partial charge in [-0.3, -0.25) is 4.99 Å². The van der Waals surface area contributed by atoms with E-state index in [0.29, 0.717) is 18.9 Å². The van der Waals surface area contributed by atoms with Crippen molar-refractivity contribution < 1.29 is 17.9 Å². The maximum Gasteiger partial charge on any atom is 0.573 e. The van der Waals surface area contributed by atoms with Crippen molar-refractivity contribution in [3.05, 3.63) is 0 Å². The van der Waals surface area contributed by atoms with Crippen LogP contribution in [0.15, 0.2) is 4.99 Å². The third-order valence-electron chi connectivity index (χ3n) is 2.32. The summed E-state index contributed by atoms with van der Waals surface area (Å²) in [5.74, 6) is 0.352. The predicted octanol–water partition coefficient (Wildman–Crippen LogP) is 3.23. The Hall–Kier alpha value is -0.740. The van der Waals surface area contributed by atoms with E-state index in [4.69, 9.17) is 0 Å². The fourth-order valence-electron chi connectivity index (χ4n) is 0.552. The summed E-state index contributed by atoms with van der Waals surface area (Å²) < 4.78 is 38.0. The van der Waals surface area contributed by atoms with E-state index >= 15 is 0 Å². The lowest BCUT2D eigenvalue weighted by molar-refractivity contribution is -0.280. The van der Waals surface area contributed by atoms with Gasteiger partial charge in [-0.05, 0) is 11.3 Å². The summed E-state index contributed by atoms with van der Waals surface area (Å²) in [6.45, 7) is 8.21. The van der Waals surface area contributed by atoms with Crippen LogP contribution in [0.1, 0.15) is 27.7 Å². The molecule has 0 amide bonds. The molecule has 14 heavy (non-hydrogen) atoms. The number of hydrogen-bond acceptors (Lipinski definition) is 2. The van der Waals surface area contributed by atoms with Crippen LogP contribution in [0.5, 0.6) is 0 Å². The van der Waals surface area contributed by atoms with Gasteiger partial charge in [0, 0.05) is 6.54 Å². The van der Waals surface area contributed by atoms with Gasteiger partial charge in [-0.1, -0.05) is 27.7 Å². The fraction of sp³-hybridized carbons (Fsp3) is 0.889. The second-order valence-electron chi connectivity index (χ2n) is 4.15. The lowest BCUT2D eigenvalue weighted by atomic mass is 9.81. The van der Waals surface area contributed by atoms with E-state index in [1.54, 1.807) is 0 Å². The standard InChI is InChI=1S/C9H16F3NO/c1-7(2)8(3,4)5-13-6-14-9(10,11)12/h6-7H,5H2,1-4H3. The average molecular weight is 211 g/mol. The second kappa shape index (κ2) is 4.66. The Morgan fingerprint density at radius 2 is 1.79 bits per heavy atom.